The van der Waals surface area contributed by atoms with E-state index in [2.05, 4.69) is 45.4 Å². The van der Waals surface area contributed by atoms with Crippen LogP contribution in [0.5, 0.6) is 0 Å². The molecule has 2 N–H and O–H groups in total. The number of nitrogen functional groups attached to an aromatic ring is 1. The van der Waals surface area contributed by atoms with Gasteiger partial charge in [0.1, 0.15) is 6.20 Å². The SMILES string of the molecule is CSc1ccc(Br)c(CCC[n+]2cccnc2N)c1.[Br-]. The molecular formula is C14H17Br2N3S. The largest absolute Gasteiger partial charge is 1.00 e. The van der Waals surface area contributed by atoms with Crippen LogP contribution < -0.4 is 27.3 Å². The summed E-state index contributed by atoms with van der Waals surface area (Å²) in [7, 11) is 0. The molecule has 0 saturated carbocycles. The van der Waals surface area contributed by atoms with Gasteiger partial charge in [-0.2, -0.15) is 0 Å². The van der Waals surface area contributed by atoms with E-state index in [-0.39, 0.29) is 17.0 Å². The first kappa shape index (κ1) is 17.5. The molecular weight excluding hydrogens is 402 g/mol. The van der Waals surface area contributed by atoms with E-state index < -0.39 is 0 Å². The van der Waals surface area contributed by atoms with E-state index in [0.29, 0.717) is 5.95 Å². The molecule has 1 aromatic carbocycles. The lowest BCUT2D eigenvalue weighted by molar-refractivity contribution is -0.685. The van der Waals surface area contributed by atoms with Crippen molar-refractivity contribution >= 4 is 33.6 Å². The highest BCUT2D eigenvalue weighted by atomic mass is 79.9. The Morgan fingerprint density at radius 3 is 2.90 bits per heavy atom. The lowest BCUT2D eigenvalue weighted by atomic mass is 10.1. The molecule has 0 atom stereocenters. The molecule has 1 aromatic heterocycles. The van der Waals surface area contributed by atoms with Crippen molar-refractivity contribution in [2.24, 2.45) is 0 Å². The van der Waals surface area contributed by atoms with Gasteiger partial charge in [-0.1, -0.05) is 20.9 Å². The first-order valence-electron chi connectivity index (χ1n) is 6.13. The fourth-order valence-electron chi connectivity index (χ4n) is 1.91. The Kier molecular flexibility index (Phi) is 7.55. The smallest absolute Gasteiger partial charge is 0.389 e. The number of anilines is 1. The molecule has 0 unspecified atom stereocenters. The third-order valence-corrected chi connectivity index (χ3v) is 4.45. The fraction of sp³-hybridized carbons (Fsp3) is 0.286. The first-order valence-corrected chi connectivity index (χ1v) is 8.15. The van der Waals surface area contributed by atoms with Crippen LogP contribution in [0.1, 0.15) is 12.0 Å². The second kappa shape index (κ2) is 8.64. The molecule has 0 aliphatic carbocycles. The summed E-state index contributed by atoms with van der Waals surface area (Å²) in [6.45, 7) is 0.885. The second-order valence-corrected chi connectivity index (χ2v) is 5.97. The molecule has 0 radical (unpaired) electrons. The predicted molar refractivity (Wildman–Crippen MR) is 83.1 cm³/mol. The van der Waals surface area contributed by atoms with Crippen LogP contribution in [0, 0.1) is 0 Å². The van der Waals surface area contributed by atoms with Gasteiger partial charge < -0.3 is 17.0 Å². The van der Waals surface area contributed by atoms with Gasteiger partial charge in [0.2, 0.25) is 0 Å². The summed E-state index contributed by atoms with van der Waals surface area (Å²) in [6.07, 6.45) is 7.84. The zero-order valence-corrected chi connectivity index (χ0v) is 15.2. The average Bonchev–Trinajstić information content (AvgIpc) is 2.43. The number of hydrogen-bond donors (Lipinski definition) is 1. The molecule has 6 heteroatoms. The van der Waals surface area contributed by atoms with Crippen molar-refractivity contribution in [1.29, 1.82) is 0 Å². The summed E-state index contributed by atoms with van der Waals surface area (Å²) in [4.78, 5) is 5.38. The zero-order valence-electron chi connectivity index (χ0n) is 11.2. The summed E-state index contributed by atoms with van der Waals surface area (Å²) in [5.74, 6) is 0.569. The lowest BCUT2D eigenvalue weighted by Gasteiger charge is -2.07. The minimum absolute atomic E-state index is 0. The highest BCUT2D eigenvalue weighted by molar-refractivity contribution is 9.10. The maximum atomic E-state index is 5.81. The number of rotatable bonds is 5. The predicted octanol–water partition coefficient (Wildman–Crippen LogP) is 0.0725. The van der Waals surface area contributed by atoms with Crippen molar-refractivity contribution in [3.05, 3.63) is 46.7 Å². The van der Waals surface area contributed by atoms with Gasteiger partial charge >= 0.3 is 5.95 Å². The topological polar surface area (TPSA) is 42.8 Å². The van der Waals surface area contributed by atoms with E-state index in [0.717, 1.165) is 19.4 Å². The van der Waals surface area contributed by atoms with Gasteiger partial charge in [0, 0.05) is 15.4 Å². The molecule has 2 aromatic rings. The standard InChI is InChI=1S/C14H16BrN3S.BrH/c1-19-12-5-6-13(15)11(10-12)4-2-8-18-9-3-7-17-14(18)16;/h3,5-7,9-10,16H,2,4,8H2,1H3;1H. The number of thioether (sulfide) groups is 1. The third kappa shape index (κ3) is 4.75. The van der Waals surface area contributed by atoms with Crippen molar-refractivity contribution < 1.29 is 21.5 Å². The Morgan fingerprint density at radius 2 is 2.20 bits per heavy atom. The Morgan fingerprint density at radius 1 is 1.40 bits per heavy atom. The minimum atomic E-state index is 0. The van der Waals surface area contributed by atoms with Gasteiger partial charge in [-0.3, -0.25) is 5.73 Å². The van der Waals surface area contributed by atoms with E-state index >= 15 is 0 Å². The summed E-state index contributed by atoms with van der Waals surface area (Å²) >= 11 is 5.38. The van der Waals surface area contributed by atoms with Crippen LogP contribution in [0.25, 0.3) is 0 Å². The first-order chi connectivity index (χ1) is 9.20. The maximum absolute atomic E-state index is 5.81. The van der Waals surface area contributed by atoms with Crippen LogP contribution in [0.2, 0.25) is 0 Å². The maximum Gasteiger partial charge on any atom is 0.389 e. The second-order valence-electron chi connectivity index (χ2n) is 4.23. The number of nitrogens with two attached hydrogens (primary N) is 1. The average molecular weight is 419 g/mol. The minimum Gasteiger partial charge on any atom is -1.00 e. The summed E-state index contributed by atoms with van der Waals surface area (Å²) in [5, 5.41) is 0. The van der Waals surface area contributed by atoms with E-state index in [1.165, 1.54) is 14.9 Å². The summed E-state index contributed by atoms with van der Waals surface area (Å²) in [6, 6.07) is 8.39. The molecule has 108 valence electrons. The van der Waals surface area contributed by atoms with E-state index in [4.69, 9.17) is 5.73 Å². The van der Waals surface area contributed by atoms with Gasteiger partial charge in [-0.25, -0.2) is 4.57 Å². The van der Waals surface area contributed by atoms with Crippen LogP contribution in [-0.4, -0.2) is 11.2 Å². The Balaban J connectivity index is 0.00000200. The number of hydrogen-bond acceptors (Lipinski definition) is 3. The monoisotopic (exact) mass is 417 g/mol. The summed E-state index contributed by atoms with van der Waals surface area (Å²) in [5.41, 5.74) is 7.16. The lowest BCUT2D eigenvalue weighted by Crippen LogP contribution is -3.00. The molecule has 2 rings (SSSR count). The molecule has 1 heterocycles. The number of halogens is 2. The molecule has 3 nitrogen and oxygen atoms in total. The highest BCUT2D eigenvalue weighted by Crippen LogP contribution is 2.24. The van der Waals surface area contributed by atoms with Crippen molar-refractivity contribution in [1.82, 2.24) is 4.98 Å². The highest BCUT2D eigenvalue weighted by Gasteiger charge is 2.06. The quantitative estimate of drug-likeness (QED) is 0.552. The molecule has 0 spiro atoms. The van der Waals surface area contributed by atoms with E-state index in [1.54, 1.807) is 18.0 Å². The van der Waals surface area contributed by atoms with Crippen molar-refractivity contribution in [2.45, 2.75) is 24.3 Å². The Bertz CT molecular complexity index is 564. The molecule has 0 fully saturated rings. The fourth-order valence-corrected chi connectivity index (χ4v) is 2.82. The van der Waals surface area contributed by atoms with Crippen molar-refractivity contribution in [3.63, 3.8) is 0 Å². The van der Waals surface area contributed by atoms with Gasteiger partial charge in [-0.05, 0) is 42.9 Å². The number of aromatic nitrogens is 2. The van der Waals surface area contributed by atoms with Crippen LogP contribution in [0.15, 0.2) is 46.0 Å². The van der Waals surface area contributed by atoms with Gasteiger partial charge in [0.15, 0.2) is 0 Å². The normalized spacial score (nSPS) is 10.1. The Labute approximate surface area is 142 Å². The molecule has 20 heavy (non-hydrogen) atoms. The van der Waals surface area contributed by atoms with Crippen LogP contribution in [0.4, 0.5) is 5.95 Å². The van der Waals surface area contributed by atoms with Crippen LogP contribution >= 0.6 is 27.7 Å². The number of benzene rings is 1. The van der Waals surface area contributed by atoms with Gasteiger partial charge in [0.05, 0.1) is 12.7 Å². The molecule has 0 amide bonds. The molecule has 0 bridgehead atoms. The number of aryl methyl sites for hydroxylation is 2. The van der Waals surface area contributed by atoms with Crippen LogP contribution in [-0.2, 0) is 13.0 Å². The van der Waals surface area contributed by atoms with Crippen molar-refractivity contribution in [2.75, 3.05) is 12.0 Å². The van der Waals surface area contributed by atoms with Gasteiger partial charge in [-0.15, -0.1) is 11.8 Å². The molecule has 0 aliphatic heterocycles. The van der Waals surface area contributed by atoms with Crippen LogP contribution in [0.3, 0.4) is 0 Å². The van der Waals surface area contributed by atoms with Crippen molar-refractivity contribution in [3.8, 4) is 0 Å². The Hall–Kier alpha value is -0.590. The zero-order chi connectivity index (χ0) is 13.7. The van der Waals surface area contributed by atoms with Gasteiger partial charge in [0.25, 0.3) is 0 Å². The third-order valence-electron chi connectivity index (χ3n) is 2.95. The molecule has 0 aliphatic rings. The van der Waals surface area contributed by atoms with E-state index in [1.807, 2.05) is 16.8 Å². The number of nitrogens with zero attached hydrogens (tertiary/aromatic N) is 2. The molecule has 0 saturated heterocycles. The summed E-state index contributed by atoms with van der Waals surface area (Å²) < 4.78 is 3.15. The van der Waals surface area contributed by atoms with E-state index in [9.17, 15) is 0 Å².